The summed E-state index contributed by atoms with van der Waals surface area (Å²) in [6.45, 7) is 4.11. The lowest BCUT2D eigenvalue weighted by Crippen LogP contribution is -2.46. The lowest BCUT2D eigenvalue weighted by atomic mass is 10.0. The second-order valence-corrected chi connectivity index (χ2v) is 7.92. The van der Waals surface area contributed by atoms with E-state index in [0.717, 1.165) is 10.6 Å². The fourth-order valence-electron chi connectivity index (χ4n) is 3.04. The van der Waals surface area contributed by atoms with Crippen LogP contribution < -0.4 is 10.6 Å². The van der Waals surface area contributed by atoms with Crippen LogP contribution in [0.2, 0.25) is 0 Å². The quantitative estimate of drug-likeness (QED) is 0.324. The molecular formula is C24H29N5O4. The molecule has 2 N–H and O–H groups in total. The zero-order valence-corrected chi connectivity index (χ0v) is 19.1. The average Bonchev–Trinajstić information content (AvgIpc) is 2.81. The van der Waals surface area contributed by atoms with Crippen molar-refractivity contribution in [2.45, 2.75) is 39.2 Å². The summed E-state index contributed by atoms with van der Waals surface area (Å²) in [5.41, 5.74) is 1.73. The first-order valence-electron chi connectivity index (χ1n) is 10.7. The van der Waals surface area contributed by atoms with Crippen molar-refractivity contribution in [2.75, 3.05) is 19.0 Å². The predicted molar refractivity (Wildman–Crippen MR) is 123 cm³/mol. The van der Waals surface area contributed by atoms with Crippen molar-refractivity contribution in [2.24, 2.45) is 5.92 Å². The first kappa shape index (κ1) is 25.3. The molecule has 2 rings (SSSR count). The summed E-state index contributed by atoms with van der Waals surface area (Å²) in [5.74, 6) is -0.763. The first-order valence-corrected chi connectivity index (χ1v) is 10.7. The Bertz CT molecular complexity index is 971. The maximum absolute atomic E-state index is 12.6. The second kappa shape index (κ2) is 12.8. The summed E-state index contributed by atoms with van der Waals surface area (Å²) in [5, 5.41) is 14.3. The zero-order valence-electron chi connectivity index (χ0n) is 19.1. The highest BCUT2D eigenvalue weighted by Crippen LogP contribution is 2.12. The van der Waals surface area contributed by atoms with Crippen molar-refractivity contribution in [1.29, 1.82) is 5.26 Å². The molecule has 1 heterocycles. The molecule has 3 amide bonds. The minimum Gasteiger partial charge on any atom is -0.449 e. The number of amides is 3. The number of ether oxygens (including phenoxy) is 1. The van der Waals surface area contributed by atoms with Gasteiger partial charge in [0.2, 0.25) is 0 Å². The number of hydrogen-bond donors (Lipinski definition) is 2. The SMILES string of the molecule is CC(C)CC(NC(=O)c1ccc(NC(=O)OCCCc2ccccn2)cc1)C(=O)N(C)C#N. The van der Waals surface area contributed by atoms with Gasteiger partial charge in [0.15, 0.2) is 6.19 Å². The topological polar surface area (TPSA) is 124 Å². The fourth-order valence-corrected chi connectivity index (χ4v) is 3.04. The van der Waals surface area contributed by atoms with E-state index in [4.69, 9.17) is 10.00 Å². The second-order valence-electron chi connectivity index (χ2n) is 7.92. The van der Waals surface area contributed by atoms with Gasteiger partial charge in [-0.05, 0) is 61.6 Å². The average molecular weight is 452 g/mol. The van der Waals surface area contributed by atoms with Crippen LogP contribution in [0.4, 0.5) is 10.5 Å². The van der Waals surface area contributed by atoms with Crippen LogP contribution >= 0.6 is 0 Å². The number of hydrogen-bond acceptors (Lipinski definition) is 6. The van der Waals surface area contributed by atoms with Crippen LogP contribution in [-0.4, -0.2) is 47.5 Å². The molecule has 0 aliphatic heterocycles. The maximum Gasteiger partial charge on any atom is 0.411 e. The normalized spacial score (nSPS) is 11.2. The van der Waals surface area contributed by atoms with Crippen molar-refractivity contribution < 1.29 is 19.1 Å². The van der Waals surface area contributed by atoms with Crippen molar-refractivity contribution in [3.05, 3.63) is 59.9 Å². The largest absolute Gasteiger partial charge is 0.449 e. The van der Waals surface area contributed by atoms with Gasteiger partial charge >= 0.3 is 6.09 Å². The number of pyridine rings is 1. The monoisotopic (exact) mass is 451 g/mol. The van der Waals surface area contributed by atoms with Crippen molar-refractivity contribution in [1.82, 2.24) is 15.2 Å². The van der Waals surface area contributed by atoms with Crippen molar-refractivity contribution in [3.63, 3.8) is 0 Å². The van der Waals surface area contributed by atoms with Crippen LogP contribution in [0.3, 0.4) is 0 Å². The molecule has 0 bridgehead atoms. The van der Waals surface area contributed by atoms with Gasteiger partial charge in [0.05, 0.1) is 6.61 Å². The Balaban J connectivity index is 1.84. The van der Waals surface area contributed by atoms with E-state index in [1.165, 1.54) is 19.2 Å². The molecule has 1 atom stereocenters. The Kier molecular flexibility index (Phi) is 9.83. The number of benzene rings is 1. The van der Waals surface area contributed by atoms with Gasteiger partial charge in [-0.25, -0.2) is 4.79 Å². The molecule has 1 unspecified atom stereocenters. The number of nitrogens with zero attached hydrogens (tertiary/aromatic N) is 3. The Morgan fingerprint density at radius 2 is 1.88 bits per heavy atom. The van der Waals surface area contributed by atoms with Gasteiger partial charge < -0.3 is 10.1 Å². The maximum atomic E-state index is 12.6. The van der Waals surface area contributed by atoms with E-state index in [-0.39, 0.29) is 12.5 Å². The van der Waals surface area contributed by atoms with E-state index in [0.29, 0.717) is 30.5 Å². The van der Waals surface area contributed by atoms with Crippen molar-refractivity contribution >= 4 is 23.6 Å². The number of aromatic nitrogens is 1. The molecule has 174 valence electrons. The number of carbonyl (C=O) groups excluding carboxylic acids is 3. The smallest absolute Gasteiger partial charge is 0.411 e. The molecule has 0 aliphatic carbocycles. The molecule has 33 heavy (non-hydrogen) atoms. The number of carbonyl (C=O) groups is 3. The van der Waals surface area contributed by atoms with Gasteiger partial charge in [-0.15, -0.1) is 0 Å². The number of likely N-dealkylation sites (N-methyl/N-ethyl adjacent to an activating group) is 1. The van der Waals surface area contributed by atoms with Gasteiger partial charge in [-0.3, -0.25) is 24.8 Å². The Morgan fingerprint density at radius 3 is 2.48 bits per heavy atom. The lowest BCUT2D eigenvalue weighted by Gasteiger charge is -2.21. The van der Waals surface area contributed by atoms with Gasteiger partial charge in [-0.1, -0.05) is 19.9 Å². The van der Waals surface area contributed by atoms with Crippen LogP contribution in [0.25, 0.3) is 0 Å². The molecule has 0 saturated carbocycles. The molecule has 0 fully saturated rings. The fraction of sp³-hybridized carbons (Fsp3) is 0.375. The molecule has 1 aromatic carbocycles. The summed E-state index contributed by atoms with van der Waals surface area (Å²) in [6, 6.07) is 11.1. The third-order valence-electron chi connectivity index (χ3n) is 4.72. The standard InChI is InChI=1S/C24H29N5O4/c1-17(2)15-21(23(31)29(3)16-25)28-22(30)18-9-11-20(12-10-18)27-24(32)33-14-6-8-19-7-4-5-13-26-19/h4-5,7,9-13,17,21H,6,8,14-15H2,1-3H3,(H,27,32)(H,28,30). The highest BCUT2D eigenvalue weighted by Gasteiger charge is 2.25. The van der Waals surface area contributed by atoms with Crippen molar-refractivity contribution in [3.8, 4) is 6.19 Å². The molecule has 1 aromatic heterocycles. The molecular weight excluding hydrogens is 422 g/mol. The van der Waals surface area contributed by atoms with E-state index < -0.39 is 23.9 Å². The predicted octanol–water partition coefficient (Wildman–Crippen LogP) is 3.35. The summed E-state index contributed by atoms with van der Waals surface area (Å²) >= 11 is 0. The first-order chi connectivity index (χ1) is 15.8. The third kappa shape index (κ3) is 8.61. The Labute approximate surface area is 193 Å². The van der Waals surface area contributed by atoms with Gasteiger partial charge in [0, 0.05) is 30.2 Å². The Hall–Kier alpha value is -3.93. The van der Waals surface area contributed by atoms with Gasteiger partial charge in [0.25, 0.3) is 11.8 Å². The third-order valence-corrected chi connectivity index (χ3v) is 4.72. The number of nitrogens with one attached hydrogen (secondary N) is 2. The summed E-state index contributed by atoms with van der Waals surface area (Å²) in [4.78, 5) is 42.0. The molecule has 9 heteroatoms. The van der Waals surface area contributed by atoms with E-state index in [2.05, 4.69) is 15.6 Å². The van der Waals surface area contributed by atoms with E-state index in [1.807, 2.05) is 32.0 Å². The van der Waals surface area contributed by atoms with Crippen LogP contribution in [0.1, 0.15) is 42.7 Å². The van der Waals surface area contributed by atoms with Crippen LogP contribution in [0, 0.1) is 17.4 Å². The van der Waals surface area contributed by atoms with E-state index in [1.54, 1.807) is 24.5 Å². The van der Waals surface area contributed by atoms with Crippen LogP contribution in [0.5, 0.6) is 0 Å². The minimum atomic E-state index is -0.805. The van der Waals surface area contributed by atoms with Crippen LogP contribution in [0.15, 0.2) is 48.7 Å². The summed E-state index contributed by atoms with van der Waals surface area (Å²) in [6.07, 6.45) is 4.66. The molecule has 0 aliphatic rings. The van der Waals surface area contributed by atoms with E-state index >= 15 is 0 Å². The molecule has 0 saturated heterocycles. The van der Waals surface area contributed by atoms with Gasteiger partial charge in [-0.2, -0.15) is 5.26 Å². The number of rotatable bonds is 10. The summed E-state index contributed by atoms with van der Waals surface area (Å²) < 4.78 is 5.17. The van der Waals surface area contributed by atoms with E-state index in [9.17, 15) is 14.4 Å². The van der Waals surface area contributed by atoms with Gasteiger partial charge in [0.1, 0.15) is 6.04 Å². The lowest BCUT2D eigenvalue weighted by molar-refractivity contribution is -0.129. The highest BCUT2D eigenvalue weighted by molar-refractivity contribution is 5.98. The number of nitriles is 1. The summed E-state index contributed by atoms with van der Waals surface area (Å²) in [7, 11) is 1.36. The Morgan fingerprint density at radius 1 is 1.15 bits per heavy atom. The molecule has 0 radical (unpaired) electrons. The number of anilines is 1. The number of aryl methyl sites for hydroxylation is 1. The van der Waals surface area contributed by atoms with Crippen LogP contribution in [-0.2, 0) is 16.0 Å². The molecule has 0 spiro atoms. The highest BCUT2D eigenvalue weighted by atomic mass is 16.5. The molecule has 2 aromatic rings. The molecule has 9 nitrogen and oxygen atoms in total. The minimum absolute atomic E-state index is 0.146. The zero-order chi connectivity index (χ0) is 24.2.